The van der Waals surface area contributed by atoms with Crippen LogP contribution >= 0.6 is 0 Å². The van der Waals surface area contributed by atoms with Crippen molar-refractivity contribution >= 4 is 5.91 Å². The average Bonchev–Trinajstić information content (AvgIpc) is 2.60. The molecule has 2 unspecified atom stereocenters. The van der Waals surface area contributed by atoms with Gasteiger partial charge in [-0.1, -0.05) is 20.8 Å². The van der Waals surface area contributed by atoms with Gasteiger partial charge in [0.2, 0.25) is 5.91 Å². The largest absolute Gasteiger partial charge is 0.355 e. The number of rotatable bonds is 6. The Morgan fingerprint density at radius 3 is 2.42 bits per heavy atom. The van der Waals surface area contributed by atoms with Crippen LogP contribution in [0.1, 0.15) is 46.5 Å². The van der Waals surface area contributed by atoms with Crippen molar-refractivity contribution in [2.75, 3.05) is 19.6 Å². The number of fused-ring (bicyclic) bond motifs is 2. The van der Waals surface area contributed by atoms with Gasteiger partial charge in [0.25, 0.3) is 0 Å². The van der Waals surface area contributed by atoms with E-state index in [4.69, 9.17) is 0 Å². The zero-order chi connectivity index (χ0) is 13.8. The molecule has 0 saturated carbocycles. The summed E-state index contributed by atoms with van der Waals surface area (Å²) in [7, 11) is 0. The normalized spacial score (nSPS) is 30.8. The second-order valence-corrected chi connectivity index (χ2v) is 6.48. The third-order valence-corrected chi connectivity index (χ3v) is 4.41. The smallest absolute Gasteiger partial charge is 0.234 e. The fraction of sp³-hybridized carbons (Fsp3) is 0.933. The molecule has 2 saturated heterocycles. The molecule has 0 spiro atoms. The molecule has 2 fully saturated rings. The second kappa shape index (κ2) is 6.71. The Bertz CT molecular complexity index is 292. The lowest BCUT2D eigenvalue weighted by Crippen LogP contribution is -2.52. The van der Waals surface area contributed by atoms with Crippen LogP contribution in [-0.2, 0) is 4.79 Å². The lowest BCUT2D eigenvalue weighted by molar-refractivity contribution is -0.123. The highest BCUT2D eigenvalue weighted by molar-refractivity contribution is 5.78. The van der Waals surface area contributed by atoms with Gasteiger partial charge in [0.15, 0.2) is 0 Å². The second-order valence-electron chi connectivity index (χ2n) is 6.48. The van der Waals surface area contributed by atoms with Gasteiger partial charge in [-0.2, -0.15) is 0 Å². The quantitative estimate of drug-likeness (QED) is 0.764. The summed E-state index contributed by atoms with van der Waals surface area (Å²) >= 11 is 0. The number of nitrogens with zero attached hydrogens (tertiary/aromatic N) is 1. The van der Waals surface area contributed by atoms with Crippen LogP contribution in [0.25, 0.3) is 0 Å². The van der Waals surface area contributed by atoms with Crippen LogP contribution in [0.2, 0.25) is 0 Å². The van der Waals surface area contributed by atoms with Crippen molar-refractivity contribution in [1.29, 1.82) is 0 Å². The molecular weight excluding hydrogens is 238 g/mol. The first-order valence-electron chi connectivity index (χ1n) is 7.86. The highest BCUT2D eigenvalue weighted by Gasteiger charge is 2.40. The summed E-state index contributed by atoms with van der Waals surface area (Å²) in [5, 5.41) is 6.61. The monoisotopic (exact) mass is 267 g/mol. The van der Waals surface area contributed by atoms with Crippen molar-refractivity contribution < 1.29 is 4.79 Å². The summed E-state index contributed by atoms with van der Waals surface area (Å²) in [6.07, 6.45) is 4.96. The number of carbonyl (C=O) groups is 1. The molecule has 2 rings (SSSR count). The van der Waals surface area contributed by atoms with E-state index in [-0.39, 0.29) is 5.91 Å². The van der Waals surface area contributed by atoms with E-state index in [1.165, 1.54) is 25.7 Å². The van der Waals surface area contributed by atoms with Crippen LogP contribution in [0.4, 0.5) is 0 Å². The standard InChI is InChI=1S/C15H29N3O/c1-4-16-12-7-13-5-6-14(8-12)18(13)10-15(19)17-9-11(2)3/h11-14,16H,4-10H2,1-3H3,(H,17,19). The SMILES string of the molecule is CCNC1CC2CCC(C1)N2CC(=O)NCC(C)C. The maximum Gasteiger partial charge on any atom is 0.234 e. The maximum atomic E-state index is 12.0. The fourth-order valence-corrected chi connectivity index (χ4v) is 3.53. The van der Waals surface area contributed by atoms with Gasteiger partial charge in [0.05, 0.1) is 6.54 Å². The minimum absolute atomic E-state index is 0.201. The van der Waals surface area contributed by atoms with Gasteiger partial charge >= 0.3 is 0 Å². The van der Waals surface area contributed by atoms with Crippen molar-refractivity contribution in [3.8, 4) is 0 Å². The first kappa shape index (κ1) is 14.8. The van der Waals surface area contributed by atoms with Gasteiger partial charge < -0.3 is 10.6 Å². The highest BCUT2D eigenvalue weighted by atomic mass is 16.2. The third-order valence-electron chi connectivity index (χ3n) is 4.41. The Labute approximate surface area is 117 Å². The predicted molar refractivity (Wildman–Crippen MR) is 78.1 cm³/mol. The van der Waals surface area contributed by atoms with Crippen molar-refractivity contribution in [3.05, 3.63) is 0 Å². The number of hydrogen-bond donors (Lipinski definition) is 2. The van der Waals surface area contributed by atoms with E-state index in [2.05, 4.69) is 36.3 Å². The number of hydrogen-bond acceptors (Lipinski definition) is 3. The summed E-state index contributed by atoms with van der Waals surface area (Å²) in [6.45, 7) is 8.88. The molecule has 2 aliphatic rings. The molecule has 4 nitrogen and oxygen atoms in total. The van der Waals surface area contributed by atoms with E-state index < -0.39 is 0 Å². The van der Waals surface area contributed by atoms with Crippen LogP contribution < -0.4 is 10.6 Å². The van der Waals surface area contributed by atoms with E-state index >= 15 is 0 Å². The molecule has 19 heavy (non-hydrogen) atoms. The molecule has 4 heteroatoms. The van der Waals surface area contributed by atoms with Gasteiger partial charge in [-0.3, -0.25) is 9.69 Å². The van der Waals surface area contributed by atoms with Crippen LogP contribution in [-0.4, -0.2) is 48.6 Å². The van der Waals surface area contributed by atoms with E-state index in [0.29, 0.717) is 30.6 Å². The van der Waals surface area contributed by atoms with Gasteiger partial charge in [0.1, 0.15) is 0 Å². The molecule has 0 aromatic heterocycles. The number of piperidine rings is 1. The van der Waals surface area contributed by atoms with E-state index in [1.54, 1.807) is 0 Å². The van der Waals surface area contributed by atoms with Crippen molar-refractivity contribution in [2.45, 2.75) is 64.6 Å². The molecule has 2 aliphatic heterocycles. The van der Waals surface area contributed by atoms with Gasteiger partial charge in [-0.05, 0) is 38.1 Å². The van der Waals surface area contributed by atoms with Crippen LogP contribution in [0.15, 0.2) is 0 Å². The Morgan fingerprint density at radius 2 is 1.89 bits per heavy atom. The number of amides is 1. The minimum Gasteiger partial charge on any atom is -0.355 e. The maximum absolute atomic E-state index is 12.0. The Kier molecular flexibility index (Phi) is 5.22. The zero-order valence-corrected chi connectivity index (χ0v) is 12.6. The lowest BCUT2D eigenvalue weighted by atomic mass is 9.97. The van der Waals surface area contributed by atoms with Crippen LogP contribution in [0.5, 0.6) is 0 Å². The van der Waals surface area contributed by atoms with Crippen LogP contribution in [0.3, 0.4) is 0 Å². The molecule has 0 aromatic rings. The van der Waals surface area contributed by atoms with Crippen molar-refractivity contribution in [1.82, 2.24) is 15.5 Å². The summed E-state index contributed by atoms with van der Waals surface area (Å²) in [5.41, 5.74) is 0. The van der Waals surface area contributed by atoms with Gasteiger partial charge in [0, 0.05) is 24.7 Å². The predicted octanol–water partition coefficient (Wildman–Crippen LogP) is 1.36. The highest BCUT2D eigenvalue weighted by Crippen LogP contribution is 2.35. The molecule has 0 aromatic carbocycles. The topological polar surface area (TPSA) is 44.4 Å². The summed E-state index contributed by atoms with van der Waals surface area (Å²) in [6, 6.07) is 1.90. The molecule has 2 N–H and O–H groups in total. The summed E-state index contributed by atoms with van der Waals surface area (Å²) in [4.78, 5) is 14.4. The molecular formula is C15H29N3O. The molecule has 1 amide bonds. The van der Waals surface area contributed by atoms with Gasteiger partial charge in [-0.15, -0.1) is 0 Å². The molecule has 0 radical (unpaired) electrons. The molecule has 0 aliphatic carbocycles. The molecule has 2 heterocycles. The Balaban J connectivity index is 1.81. The van der Waals surface area contributed by atoms with E-state index in [9.17, 15) is 4.79 Å². The first-order chi connectivity index (χ1) is 9.10. The Morgan fingerprint density at radius 1 is 1.26 bits per heavy atom. The van der Waals surface area contributed by atoms with Crippen molar-refractivity contribution in [3.63, 3.8) is 0 Å². The minimum atomic E-state index is 0.201. The first-order valence-corrected chi connectivity index (χ1v) is 7.86. The van der Waals surface area contributed by atoms with Gasteiger partial charge in [-0.25, -0.2) is 0 Å². The van der Waals surface area contributed by atoms with Crippen molar-refractivity contribution in [2.24, 2.45) is 5.92 Å². The average molecular weight is 267 g/mol. The number of carbonyl (C=O) groups excluding carboxylic acids is 1. The van der Waals surface area contributed by atoms with E-state index in [1.807, 2.05) is 0 Å². The molecule has 2 bridgehead atoms. The number of nitrogens with one attached hydrogen (secondary N) is 2. The fourth-order valence-electron chi connectivity index (χ4n) is 3.53. The molecule has 2 atom stereocenters. The summed E-state index contributed by atoms with van der Waals surface area (Å²) < 4.78 is 0. The molecule has 110 valence electrons. The Hall–Kier alpha value is -0.610. The lowest BCUT2D eigenvalue weighted by Gasteiger charge is -2.38. The van der Waals surface area contributed by atoms with E-state index in [0.717, 1.165) is 13.1 Å². The third kappa shape index (κ3) is 3.93. The van der Waals surface area contributed by atoms with Crippen LogP contribution in [0, 0.1) is 5.92 Å². The zero-order valence-electron chi connectivity index (χ0n) is 12.6. The summed E-state index contributed by atoms with van der Waals surface area (Å²) in [5.74, 6) is 0.729.